The minimum Gasteiger partial charge on any atom is -0.351 e. The number of piperidine rings is 1. The van der Waals surface area contributed by atoms with Crippen LogP contribution in [0.2, 0.25) is 0 Å². The van der Waals surface area contributed by atoms with Gasteiger partial charge in [-0.15, -0.1) is 0 Å². The van der Waals surface area contributed by atoms with Gasteiger partial charge in [-0.25, -0.2) is 0 Å². The van der Waals surface area contributed by atoms with E-state index in [-0.39, 0.29) is 17.2 Å². The topological polar surface area (TPSA) is 56.1 Å². The van der Waals surface area contributed by atoms with Gasteiger partial charge in [0, 0.05) is 18.7 Å². The number of ketones is 1. The molecular weight excluding hydrogens is 202 g/mol. The lowest BCUT2D eigenvalue weighted by molar-refractivity contribution is -0.120. The fraction of sp³-hybridized carbons (Fsp3) is 0.667. The summed E-state index contributed by atoms with van der Waals surface area (Å²) in [4.78, 5) is 13.7. The number of nitrogens with one attached hydrogen (secondary N) is 1. The van der Waals surface area contributed by atoms with Gasteiger partial charge in [-0.1, -0.05) is 13.8 Å². The quantitative estimate of drug-likeness (QED) is 0.704. The molecule has 2 aliphatic rings. The lowest BCUT2D eigenvalue weighted by Gasteiger charge is -2.46. The van der Waals surface area contributed by atoms with Gasteiger partial charge in [-0.3, -0.25) is 4.79 Å². The Labute approximate surface area is 95.9 Å². The highest BCUT2D eigenvalue weighted by molar-refractivity contribution is 5.98. The number of hydrogen-bond acceptors (Lipinski definition) is 4. The second-order valence-electron chi connectivity index (χ2n) is 5.25. The van der Waals surface area contributed by atoms with E-state index in [0.717, 1.165) is 13.0 Å². The van der Waals surface area contributed by atoms with Crippen molar-refractivity contribution in [2.24, 2.45) is 5.41 Å². The Morgan fingerprint density at radius 2 is 2.31 bits per heavy atom. The summed E-state index contributed by atoms with van der Waals surface area (Å²) >= 11 is 0. The van der Waals surface area contributed by atoms with Crippen LogP contribution in [0.3, 0.4) is 0 Å². The Morgan fingerprint density at radius 1 is 1.62 bits per heavy atom. The second-order valence-corrected chi connectivity index (χ2v) is 5.25. The zero-order chi connectivity index (χ0) is 11.9. The SMILES string of the molecule is CNC1CN2C(C#N)=CC(=O)C2CC1(C)C. The smallest absolute Gasteiger partial charge is 0.180 e. The molecule has 0 aromatic rings. The van der Waals surface area contributed by atoms with Crippen molar-refractivity contribution in [1.29, 1.82) is 5.26 Å². The van der Waals surface area contributed by atoms with E-state index in [1.807, 2.05) is 11.9 Å². The molecule has 16 heavy (non-hydrogen) atoms. The van der Waals surface area contributed by atoms with Gasteiger partial charge >= 0.3 is 0 Å². The maximum absolute atomic E-state index is 11.8. The molecule has 86 valence electrons. The van der Waals surface area contributed by atoms with E-state index in [1.54, 1.807) is 0 Å². The van der Waals surface area contributed by atoms with Crippen LogP contribution < -0.4 is 5.32 Å². The average Bonchev–Trinajstić information content (AvgIpc) is 2.52. The molecule has 2 unspecified atom stereocenters. The van der Waals surface area contributed by atoms with Crippen LogP contribution in [0.5, 0.6) is 0 Å². The minimum absolute atomic E-state index is 0.0826. The third-order valence-corrected chi connectivity index (χ3v) is 3.80. The zero-order valence-electron chi connectivity index (χ0n) is 9.95. The van der Waals surface area contributed by atoms with Gasteiger partial charge in [0.2, 0.25) is 0 Å². The molecule has 0 radical (unpaired) electrons. The summed E-state index contributed by atoms with van der Waals surface area (Å²) in [5.74, 6) is 0.0826. The molecule has 2 heterocycles. The number of fused-ring (bicyclic) bond motifs is 1. The summed E-state index contributed by atoms with van der Waals surface area (Å²) in [5.41, 5.74) is 0.607. The molecule has 2 rings (SSSR count). The number of hydrogen-bond donors (Lipinski definition) is 1. The highest BCUT2D eigenvalue weighted by atomic mass is 16.1. The Balaban J connectivity index is 2.27. The summed E-state index contributed by atoms with van der Waals surface area (Å²) in [6.07, 6.45) is 2.29. The molecule has 1 saturated heterocycles. The first-order chi connectivity index (χ1) is 7.49. The highest BCUT2D eigenvalue weighted by Crippen LogP contribution is 2.38. The molecule has 1 N–H and O–H groups in total. The van der Waals surface area contributed by atoms with E-state index < -0.39 is 0 Å². The van der Waals surface area contributed by atoms with Gasteiger partial charge in [0.1, 0.15) is 11.8 Å². The number of carbonyl (C=O) groups excluding carboxylic acids is 1. The first kappa shape index (κ1) is 11.2. The number of carbonyl (C=O) groups is 1. The standard InChI is InChI=1S/C12H17N3O/c1-12(2)5-9-10(16)4-8(6-13)15(9)7-11(12)14-3/h4,9,11,14H,5,7H2,1-3H3. The van der Waals surface area contributed by atoms with Crippen LogP contribution in [0.25, 0.3) is 0 Å². The molecule has 4 heteroatoms. The Morgan fingerprint density at radius 3 is 2.88 bits per heavy atom. The van der Waals surface area contributed by atoms with Crippen LogP contribution in [-0.2, 0) is 4.79 Å². The van der Waals surface area contributed by atoms with Crippen molar-refractivity contribution in [2.75, 3.05) is 13.6 Å². The van der Waals surface area contributed by atoms with E-state index in [0.29, 0.717) is 11.7 Å². The van der Waals surface area contributed by atoms with Gasteiger partial charge < -0.3 is 10.2 Å². The highest BCUT2D eigenvalue weighted by Gasteiger charge is 2.45. The number of nitrogens with zero attached hydrogens (tertiary/aromatic N) is 2. The lowest BCUT2D eigenvalue weighted by atomic mass is 9.74. The van der Waals surface area contributed by atoms with Crippen LogP contribution in [0.15, 0.2) is 11.8 Å². The second kappa shape index (κ2) is 3.60. The van der Waals surface area contributed by atoms with Crippen molar-refractivity contribution in [3.05, 3.63) is 11.8 Å². The Bertz CT molecular complexity index is 392. The van der Waals surface area contributed by atoms with Gasteiger partial charge in [0.25, 0.3) is 0 Å². The molecule has 0 spiro atoms. The van der Waals surface area contributed by atoms with Crippen molar-refractivity contribution in [1.82, 2.24) is 10.2 Å². The van der Waals surface area contributed by atoms with Crippen molar-refractivity contribution < 1.29 is 4.79 Å². The number of likely N-dealkylation sites (N-methyl/N-ethyl adjacent to an activating group) is 1. The molecule has 2 aliphatic heterocycles. The lowest BCUT2D eigenvalue weighted by Crippen LogP contribution is -2.57. The van der Waals surface area contributed by atoms with E-state index in [2.05, 4.69) is 25.2 Å². The molecule has 0 amide bonds. The predicted octanol–water partition coefficient (Wildman–Crippen LogP) is 0.665. The Kier molecular flexibility index (Phi) is 2.51. The summed E-state index contributed by atoms with van der Waals surface area (Å²) in [7, 11) is 1.93. The number of allylic oxidation sites excluding steroid dienone is 1. The summed E-state index contributed by atoms with van der Waals surface area (Å²) in [6, 6.07) is 2.30. The largest absolute Gasteiger partial charge is 0.351 e. The van der Waals surface area contributed by atoms with Gasteiger partial charge in [-0.2, -0.15) is 5.26 Å². The first-order valence-electron chi connectivity index (χ1n) is 5.59. The Hall–Kier alpha value is -1.34. The molecule has 0 aromatic carbocycles. The fourth-order valence-corrected chi connectivity index (χ4v) is 2.73. The van der Waals surface area contributed by atoms with Crippen molar-refractivity contribution in [3.8, 4) is 6.07 Å². The van der Waals surface area contributed by atoms with Crippen LogP contribution >= 0.6 is 0 Å². The van der Waals surface area contributed by atoms with Gasteiger partial charge in [0.05, 0.1) is 6.04 Å². The fourth-order valence-electron chi connectivity index (χ4n) is 2.73. The molecule has 4 nitrogen and oxygen atoms in total. The van der Waals surface area contributed by atoms with Gasteiger partial charge in [0.15, 0.2) is 5.78 Å². The monoisotopic (exact) mass is 219 g/mol. The number of nitriles is 1. The van der Waals surface area contributed by atoms with Crippen LogP contribution in [-0.4, -0.2) is 36.4 Å². The van der Waals surface area contributed by atoms with E-state index in [4.69, 9.17) is 5.26 Å². The third-order valence-electron chi connectivity index (χ3n) is 3.80. The van der Waals surface area contributed by atoms with Crippen molar-refractivity contribution in [3.63, 3.8) is 0 Å². The summed E-state index contributed by atoms with van der Waals surface area (Å²) < 4.78 is 0. The van der Waals surface area contributed by atoms with Crippen molar-refractivity contribution >= 4 is 5.78 Å². The molecule has 1 fully saturated rings. The molecular formula is C12H17N3O. The maximum Gasteiger partial charge on any atom is 0.180 e. The van der Waals surface area contributed by atoms with Crippen LogP contribution in [0.4, 0.5) is 0 Å². The van der Waals surface area contributed by atoms with Crippen LogP contribution in [0, 0.1) is 16.7 Å². The van der Waals surface area contributed by atoms with E-state index in [9.17, 15) is 4.79 Å². The summed E-state index contributed by atoms with van der Waals surface area (Å²) in [6.45, 7) is 5.08. The third kappa shape index (κ3) is 1.52. The molecule has 0 bridgehead atoms. The molecule has 0 aliphatic carbocycles. The summed E-state index contributed by atoms with van der Waals surface area (Å²) in [5, 5.41) is 12.3. The van der Waals surface area contributed by atoms with E-state index in [1.165, 1.54) is 6.08 Å². The normalized spacial score (nSPS) is 32.0. The van der Waals surface area contributed by atoms with Gasteiger partial charge in [-0.05, 0) is 18.9 Å². The average molecular weight is 219 g/mol. The van der Waals surface area contributed by atoms with Crippen LogP contribution in [0.1, 0.15) is 20.3 Å². The molecule has 0 saturated carbocycles. The molecule has 2 atom stereocenters. The molecule has 0 aromatic heterocycles. The minimum atomic E-state index is -0.116. The zero-order valence-corrected chi connectivity index (χ0v) is 9.95. The number of rotatable bonds is 1. The van der Waals surface area contributed by atoms with Crippen molar-refractivity contribution in [2.45, 2.75) is 32.4 Å². The first-order valence-corrected chi connectivity index (χ1v) is 5.59. The predicted molar refractivity (Wildman–Crippen MR) is 60.4 cm³/mol. The van der Waals surface area contributed by atoms with E-state index >= 15 is 0 Å². The maximum atomic E-state index is 11.8.